The quantitative estimate of drug-likeness (QED) is 0.304. The molecule has 0 amide bonds. The molecule has 6 heteroatoms. The van der Waals surface area contributed by atoms with Gasteiger partial charge in [-0.25, -0.2) is 4.79 Å². The van der Waals surface area contributed by atoms with Gasteiger partial charge in [0.2, 0.25) is 6.08 Å². The lowest BCUT2D eigenvalue weighted by atomic mass is 11.4. The molecule has 0 fully saturated rings. The van der Waals surface area contributed by atoms with Crippen molar-refractivity contribution in [2.24, 2.45) is 4.99 Å². The molecule has 0 bridgehead atoms. The van der Waals surface area contributed by atoms with E-state index in [1.54, 1.807) is 0 Å². The van der Waals surface area contributed by atoms with Gasteiger partial charge in [0, 0.05) is 0 Å². The molecule has 0 aliphatic carbocycles. The summed E-state index contributed by atoms with van der Waals surface area (Å²) >= 11 is 0. The van der Waals surface area contributed by atoms with Crippen molar-refractivity contribution in [2.75, 3.05) is 6.29 Å². The highest BCUT2D eigenvalue weighted by Crippen LogP contribution is 2.33. The number of rotatable bonds is 2. The van der Waals surface area contributed by atoms with E-state index in [9.17, 15) is 9.36 Å². The highest BCUT2D eigenvalue weighted by molar-refractivity contribution is 7.51. The summed E-state index contributed by atoms with van der Waals surface area (Å²) in [7, 11) is -4.11. The predicted octanol–water partition coefficient (Wildman–Crippen LogP) is -0.543. The molecule has 0 aromatic rings. The first kappa shape index (κ1) is 7.53. The van der Waals surface area contributed by atoms with Crippen molar-refractivity contribution in [2.45, 2.75) is 0 Å². The summed E-state index contributed by atoms with van der Waals surface area (Å²) in [4.78, 5) is 27.9. The molecule has 0 heterocycles. The van der Waals surface area contributed by atoms with Crippen molar-refractivity contribution < 1.29 is 19.1 Å². The van der Waals surface area contributed by atoms with Gasteiger partial charge in [0.25, 0.3) is 0 Å². The summed E-state index contributed by atoms with van der Waals surface area (Å²) in [6, 6.07) is 0. The van der Waals surface area contributed by atoms with Crippen LogP contribution in [-0.4, -0.2) is 22.2 Å². The lowest BCUT2D eigenvalue weighted by molar-refractivity contribution is 0.373. The molecule has 8 heavy (non-hydrogen) atoms. The molecule has 0 aliphatic rings. The fourth-order valence-electron chi connectivity index (χ4n) is 0.121. The molecule has 0 atom stereocenters. The third-order valence-electron chi connectivity index (χ3n) is 0.319. The predicted molar refractivity (Wildman–Crippen MR) is 25.0 cm³/mol. The van der Waals surface area contributed by atoms with E-state index >= 15 is 0 Å². The van der Waals surface area contributed by atoms with Crippen LogP contribution in [0.1, 0.15) is 0 Å². The first-order valence-corrected chi connectivity index (χ1v) is 3.44. The second kappa shape index (κ2) is 2.74. The fraction of sp³-hybridized carbons (Fsp3) is 0.500. The Morgan fingerprint density at radius 1 is 1.62 bits per heavy atom. The number of hydrogen-bond acceptors (Lipinski definition) is 3. The van der Waals surface area contributed by atoms with Crippen LogP contribution in [0.4, 0.5) is 0 Å². The van der Waals surface area contributed by atoms with E-state index < -0.39 is 13.9 Å². The zero-order valence-corrected chi connectivity index (χ0v) is 4.71. The summed E-state index contributed by atoms with van der Waals surface area (Å²) in [5, 5.41) is 0. The Balaban J connectivity index is 3.74. The Morgan fingerprint density at radius 2 is 2.12 bits per heavy atom. The van der Waals surface area contributed by atoms with Crippen molar-refractivity contribution >= 4 is 13.7 Å². The first-order valence-electron chi connectivity index (χ1n) is 1.64. The van der Waals surface area contributed by atoms with Gasteiger partial charge in [0.15, 0.2) is 6.29 Å². The molecule has 5 nitrogen and oxygen atoms in total. The molecule has 0 saturated carbocycles. The molecular weight excluding hydrogens is 133 g/mol. The van der Waals surface area contributed by atoms with E-state index in [1.807, 2.05) is 0 Å². The van der Waals surface area contributed by atoms with Gasteiger partial charge >= 0.3 is 7.60 Å². The molecule has 0 aliphatic heterocycles. The molecule has 0 aromatic heterocycles. The van der Waals surface area contributed by atoms with E-state index in [-0.39, 0.29) is 0 Å². The zero-order chi connectivity index (χ0) is 6.62. The molecule has 46 valence electrons. The summed E-state index contributed by atoms with van der Waals surface area (Å²) in [5.74, 6) is 0. The minimum atomic E-state index is -4.11. The van der Waals surface area contributed by atoms with Crippen molar-refractivity contribution in [3.8, 4) is 0 Å². The largest absolute Gasteiger partial charge is 0.347 e. The van der Waals surface area contributed by atoms with Crippen molar-refractivity contribution in [3.63, 3.8) is 0 Å². The lowest BCUT2D eigenvalue weighted by Crippen LogP contribution is -1.80. The van der Waals surface area contributed by atoms with Crippen LogP contribution in [0.2, 0.25) is 0 Å². The maximum absolute atomic E-state index is 9.81. The zero-order valence-electron chi connectivity index (χ0n) is 3.81. The van der Waals surface area contributed by atoms with Crippen LogP contribution in [0, 0.1) is 0 Å². The summed E-state index contributed by atoms with van der Waals surface area (Å²) in [6.07, 6.45) is 0.240. The second-order valence-electron chi connectivity index (χ2n) is 1.06. The number of hydrogen-bond donors (Lipinski definition) is 2. The topological polar surface area (TPSA) is 87.0 Å². The van der Waals surface area contributed by atoms with Crippen LogP contribution in [-0.2, 0) is 9.36 Å². The van der Waals surface area contributed by atoms with Gasteiger partial charge in [-0.1, -0.05) is 0 Å². The molecule has 0 unspecified atom stereocenters. The molecule has 0 rings (SSSR count). The third kappa shape index (κ3) is 5.53. The van der Waals surface area contributed by atoms with Gasteiger partial charge < -0.3 is 9.79 Å². The monoisotopic (exact) mass is 137 g/mol. The van der Waals surface area contributed by atoms with Crippen molar-refractivity contribution in [1.82, 2.24) is 0 Å². The Labute approximate surface area is 45.2 Å². The van der Waals surface area contributed by atoms with Crippen LogP contribution in [0.5, 0.6) is 0 Å². The first-order chi connectivity index (χ1) is 3.56. The molecular formula is C2H4NO4P. The van der Waals surface area contributed by atoms with Gasteiger partial charge in [-0.2, -0.15) is 4.99 Å². The van der Waals surface area contributed by atoms with Crippen molar-refractivity contribution in [3.05, 3.63) is 0 Å². The minimum absolute atomic E-state index is 0.767. The molecule has 0 radical (unpaired) electrons. The van der Waals surface area contributed by atoms with Gasteiger partial charge in [0.05, 0.1) is 0 Å². The number of nitrogens with zero attached hydrogens (tertiary/aromatic N) is 1. The van der Waals surface area contributed by atoms with Crippen LogP contribution >= 0.6 is 7.60 Å². The highest BCUT2D eigenvalue weighted by atomic mass is 31.2. The SMILES string of the molecule is O=C=NCP(=O)(O)O. The summed E-state index contributed by atoms with van der Waals surface area (Å²) in [5.41, 5.74) is 0. The van der Waals surface area contributed by atoms with Crippen LogP contribution in [0.15, 0.2) is 4.99 Å². The smallest absolute Gasteiger partial charge is 0.323 e. The molecule has 0 saturated heterocycles. The van der Waals surface area contributed by atoms with Gasteiger partial charge in [-0.05, 0) is 0 Å². The Morgan fingerprint density at radius 3 is 2.25 bits per heavy atom. The van der Waals surface area contributed by atoms with Crippen LogP contribution in [0.3, 0.4) is 0 Å². The van der Waals surface area contributed by atoms with E-state index in [0.29, 0.717) is 0 Å². The maximum atomic E-state index is 9.81. The lowest BCUT2D eigenvalue weighted by Gasteiger charge is -1.92. The van der Waals surface area contributed by atoms with E-state index in [2.05, 4.69) is 4.99 Å². The third-order valence-corrected chi connectivity index (χ3v) is 0.829. The standard InChI is InChI=1S/C2H4NO4P/c4-1-3-2-8(5,6)7/h2H2,(H2,5,6,7). The van der Waals surface area contributed by atoms with E-state index in [1.165, 1.54) is 0 Å². The van der Waals surface area contributed by atoms with E-state index in [0.717, 1.165) is 6.08 Å². The Hall–Kier alpha value is -0.470. The summed E-state index contributed by atoms with van der Waals surface area (Å²) in [6.45, 7) is 0. The van der Waals surface area contributed by atoms with E-state index in [4.69, 9.17) is 9.79 Å². The number of aliphatic imine (C=N–C) groups is 1. The Bertz CT molecular complexity index is 153. The maximum Gasteiger partial charge on any atom is 0.347 e. The Kier molecular flexibility index (Phi) is 2.58. The fourth-order valence-corrected chi connectivity index (χ4v) is 0.363. The molecule has 2 N–H and O–H groups in total. The average molecular weight is 137 g/mol. The number of isocyanates is 1. The average Bonchev–Trinajstić information content (AvgIpc) is 1.59. The highest BCUT2D eigenvalue weighted by Gasteiger charge is 2.09. The van der Waals surface area contributed by atoms with Gasteiger partial charge in [0.1, 0.15) is 0 Å². The van der Waals surface area contributed by atoms with Crippen LogP contribution in [0.25, 0.3) is 0 Å². The minimum Gasteiger partial charge on any atom is -0.323 e. The number of carbonyl (C=O) groups excluding carboxylic acids is 1. The molecule has 0 aromatic carbocycles. The van der Waals surface area contributed by atoms with Crippen molar-refractivity contribution in [1.29, 1.82) is 0 Å². The normalized spacial score (nSPS) is 10.2. The summed E-state index contributed by atoms with van der Waals surface area (Å²) < 4.78 is 9.81. The second-order valence-corrected chi connectivity index (χ2v) is 2.67. The molecule has 0 spiro atoms. The van der Waals surface area contributed by atoms with Gasteiger partial charge in [-0.15, -0.1) is 0 Å². The van der Waals surface area contributed by atoms with Gasteiger partial charge in [-0.3, -0.25) is 4.57 Å². The van der Waals surface area contributed by atoms with Crippen LogP contribution < -0.4 is 0 Å².